The highest BCUT2D eigenvalue weighted by Crippen LogP contribution is 2.21. The third-order valence-corrected chi connectivity index (χ3v) is 6.40. The van der Waals surface area contributed by atoms with Gasteiger partial charge < -0.3 is 0 Å². The molecule has 3 rings (SSSR count). The Morgan fingerprint density at radius 2 is 1.63 bits per heavy atom. The molecule has 2 aromatic rings. The van der Waals surface area contributed by atoms with E-state index in [9.17, 15) is 13.2 Å². The number of carbonyl (C=O) groups excluding carboxylic acids is 1. The van der Waals surface area contributed by atoms with Crippen molar-refractivity contribution in [2.75, 3.05) is 18.4 Å². The van der Waals surface area contributed by atoms with Crippen molar-refractivity contribution in [1.29, 1.82) is 0 Å². The number of nitrogens with one attached hydrogen (secondary N) is 1. The average Bonchev–Trinajstić information content (AvgIpc) is 2.91. The zero-order valence-corrected chi connectivity index (χ0v) is 16.4. The molecule has 0 bridgehead atoms. The van der Waals surface area contributed by atoms with Crippen molar-refractivity contribution in [3.05, 3.63) is 47.3 Å². The quantitative estimate of drug-likeness (QED) is 0.869. The van der Waals surface area contributed by atoms with Crippen LogP contribution in [0.2, 0.25) is 0 Å². The van der Waals surface area contributed by atoms with Crippen molar-refractivity contribution in [2.45, 2.75) is 44.4 Å². The number of aryl methyl sites for hydroxylation is 2. The monoisotopic (exact) mass is 388 g/mol. The van der Waals surface area contributed by atoms with Gasteiger partial charge in [0.15, 0.2) is 0 Å². The number of hydrogen-bond donors (Lipinski definition) is 1. The molecular weight excluding hydrogens is 364 g/mol. The second-order valence-electron chi connectivity index (χ2n) is 6.77. The van der Waals surface area contributed by atoms with Gasteiger partial charge in [-0.1, -0.05) is 18.9 Å². The van der Waals surface area contributed by atoms with Gasteiger partial charge in [0.25, 0.3) is 5.91 Å². The van der Waals surface area contributed by atoms with Gasteiger partial charge in [0.05, 0.1) is 4.90 Å². The molecule has 1 amide bonds. The van der Waals surface area contributed by atoms with Crippen LogP contribution in [-0.4, -0.2) is 41.7 Å². The fourth-order valence-electron chi connectivity index (χ4n) is 3.18. The summed E-state index contributed by atoms with van der Waals surface area (Å²) in [6.45, 7) is 4.68. The zero-order valence-electron chi connectivity index (χ0n) is 15.6. The lowest BCUT2D eigenvalue weighted by Gasteiger charge is -2.20. The molecule has 1 N–H and O–H groups in total. The Hall–Kier alpha value is -2.32. The number of anilines is 1. The molecule has 2 heterocycles. The summed E-state index contributed by atoms with van der Waals surface area (Å²) < 4.78 is 27.4. The van der Waals surface area contributed by atoms with E-state index in [-0.39, 0.29) is 16.4 Å². The Balaban J connectivity index is 1.83. The van der Waals surface area contributed by atoms with E-state index in [1.165, 1.54) is 16.4 Å². The van der Waals surface area contributed by atoms with Gasteiger partial charge in [0.2, 0.25) is 16.0 Å². The summed E-state index contributed by atoms with van der Waals surface area (Å²) in [4.78, 5) is 21.1. The van der Waals surface area contributed by atoms with E-state index in [4.69, 9.17) is 0 Å². The molecule has 1 aromatic heterocycles. The number of sulfonamides is 1. The van der Waals surface area contributed by atoms with Gasteiger partial charge in [-0.25, -0.2) is 18.4 Å². The smallest absolute Gasteiger partial charge is 0.258 e. The molecule has 1 saturated heterocycles. The van der Waals surface area contributed by atoms with Crippen molar-refractivity contribution < 1.29 is 13.2 Å². The number of nitrogens with zero attached hydrogens (tertiary/aromatic N) is 3. The summed E-state index contributed by atoms with van der Waals surface area (Å²) in [5, 5.41) is 2.64. The molecule has 0 aliphatic carbocycles. The van der Waals surface area contributed by atoms with Crippen molar-refractivity contribution in [3.63, 3.8) is 0 Å². The Morgan fingerprint density at radius 1 is 1.00 bits per heavy atom. The van der Waals surface area contributed by atoms with Gasteiger partial charge in [0.1, 0.15) is 0 Å². The lowest BCUT2D eigenvalue weighted by Crippen LogP contribution is -2.32. The average molecular weight is 388 g/mol. The van der Waals surface area contributed by atoms with Crippen LogP contribution in [0.4, 0.5) is 5.95 Å². The lowest BCUT2D eigenvalue weighted by molar-refractivity contribution is 0.102. The first kappa shape index (κ1) is 19.4. The Labute approximate surface area is 159 Å². The van der Waals surface area contributed by atoms with Crippen molar-refractivity contribution in [3.8, 4) is 0 Å². The number of aromatic nitrogens is 2. The fraction of sp³-hybridized carbons (Fsp3) is 0.421. The maximum Gasteiger partial charge on any atom is 0.258 e. The minimum absolute atomic E-state index is 0.137. The number of carbonyl (C=O) groups is 1. The standard InChI is InChI=1S/C19H24N4O3S/c1-14-12-15(2)21-19(20-14)22-18(24)16-8-7-9-17(13-16)27(25,26)23-10-5-3-4-6-11-23/h7-9,12-13H,3-6,10-11H2,1-2H3,(H,20,21,22,24). The van der Waals surface area contributed by atoms with E-state index in [0.717, 1.165) is 37.1 Å². The van der Waals surface area contributed by atoms with Crippen LogP contribution in [-0.2, 0) is 10.0 Å². The van der Waals surface area contributed by atoms with E-state index in [1.807, 2.05) is 19.9 Å². The van der Waals surface area contributed by atoms with Crippen LogP contribution in [0.25, 0.3) is 0 Å². The van der Waals surface area contributed by atoms with Gasteiger partial charge >= 0.3 is 0 Å². The predicted octanol–water partition coefficient (Wildman–Crippen LogP) is 2.91. The molecule has 0 atom stereocenters. The van der Waals surface area contributed by atoms with Crippen molar-refractivity contribution in [2.24, 2.45) is 0 Å². The van der Waals surface area contributed by atoms with Crippen LogP contribution in [0.3, 0.4) is 0 Å². The first-order valence-corrected chi connectivity index (χ1v) is 10.5. The Kier molecular flexibility index (Phi) is 5.86. The maximum atomic E-state index is 12.9. The van der Waals surface area contributed by atoms with E-state index in [0.29, 0.717) is 13.1 Å². The third kappa shape index (κ3) is 4.70. The normalized spacial score (nSPS) is 15.9. The Bertz CT molecular complexity index is 915. The molecule has 0 radical (unpaired) electrons. The SMILES string of the molecule is Cc1cc(C)nc(NC(=O)c2cccc(S(=O)(=O)N3CCCCCC3)c2)n1. The molecule has 144 valence electrons. The minimum Gasteiger partial charge on any atom is -0.290 e. The highest BCUT2D eigenvalue weighted by molar-refractivity contribution is 7.89. The fourth-order valence-corrected chi connectivity index (χ4v) is 4.75. The molecule has 7 nitrogen and oxygen atoms in total. The van der Waals surface area contributed by atoms with Crippen LogP contribution < -0.4 is 5.32 Å². The first-order valence-electron chi connectivity index (χ1n) is 9.10. The summed E-state index contributed by atoms with van der Waals surface area (Å²) in [6.07, 6.45) is 3.82. The summed E-state index contributed by atoms with van der Waals surface area (Å²) in [5.74, 6) is -0.230. The maximum absolute atomic E-state index is 12.9. The highest BCUT2D eigenvalue weighted by atomic mass is 32.2. The molecule has 1 aromatic carbocycles. The van der Waals surface area contributed by atoms with Gasteiger partial charge in [-0.05, 0) is 51.0 Å². The Morgan fingerprint density at radius 3 is 2.26 bits per heavy atom. The van der Waals surface area contributed by atoms with Crippen molar-refractivity contribution >= 4 is 21.9 Å². The van der Waals surface area contributed by atoms with Crippen LogP contribution in [0.15, 0.2) is 35.2 Å². The van der Waals surface area contributed by atoms with E-state index < -0.39 is 15.9 Å². The summed E-state index contributed by atoms with van der Waals surface area (Å²) in [7, 11) is -3.61. The van der Waals surface area contributed by atoms with Gasteiger partial charge in [-0.15, -0.1) is 0 Å². The molecule has 0 unspecified atom stereocenters. The molecule has 1 aliphatic rings. The van der Waals surface area contributed by atoms with Crippen LogP contribution in [0.5, 0.6) is 0 Å². The number of hydrogen-bond acceptors (Lipinski definition) is 5. The van der Waals surface area contributed by atoms with Crippen molar-refractivity contribution in [1.82, 2.24) is 14.3 Å². The van der Waals surface area contributed by atoms with Crippen LogP contribution in [0, 0.1) is 13.8 Å². The van der Waals surface area contributed by atoms with Crippen LogP contribution in [0.1, 0.15) is 47.4 Å². The number of amides is 1. The first-order chi connectivity index (χ1) is 12.9. The predicted molar refractivity (Wildman–Crippen MR) is 103 cm³/mol. The van der Waals surface area contributed by atoms with E-state index in [1.54, 1.807) is 12.1 Å². The molecular formula is C19H24N4O3S. The second-order valence-corrected chi connectivity index (χ2v) is 8.71. The van der Waals surface area contributed by atoms with E-state index in [2.05, 4.69) is 15.3 Å². The lowest BCUT2D eigenvalue weighted by atomic mass is 10.2. The zero-order chi connectivity index (χ0) is 19.4. The number of rotatable bonds is 4. The third-order valence-electron chi connectivity index (χ3n) is 4.51. The molecule has 0 saturated carbocycles. The summed E-state index contributed by atoms with van der Waals surface area (Å²) in [6, 6.07) is 7.92. The summed E-state index contributed by atoms with van der Waals surface area (Å²) >= 11 is 0. The van der Waals surface area contributed by atoms with Crippen LogP contribution >= 0.6 is 0 Å². The van der Waals surface area contributed by atoms with Gasteiger partial charge in [0, 0.05) is 30.0 Å². The van der Waals surface area contributed by atoms with Gasteiger partial charge in [-0.2, -0.15) is 4.31 Å². The molecule has 0 spiro atoms. The minimum atomic E-state index is -3.61. The molecule has 27 heavy (non-hydrogen) atoms. The second kappa shape index (κ2) is 8.14. The van der Waals surface area contributed by atoms with Gasteiger partial charge in [-0.3, -0.25) is 10.1 Å². The molecule has 1 fully saturated rings. The number of benzene rings is 1. The summed E-state index contributed by atoms with van der Waals surface area (Å²) in [5.41, 5.74) is 1.75. The topological polar surface area (TPSA) is 92.3 Å². The largest absolute Gasteiger partial charge is 0.290 e. The molecule has 8 heteroatoms. The molecule has 1 aliphatic heterocycles. The highest BCUT2D eigenvalue weighted by Gasteiger charge is 2.25. The van der Waals surface area contributed by atoms with E-state index >= 15 is 0 Å².